The lowest BCUT2D eigenvalue weighted by atomic mass is 9.96. The minimum Gasteiger partial charge on any atom is -0.383 e. The zero-order valence-corrected chi connectivity index (χ0v) is 11.3. The minimum atomic E-state index is 0.382. The maximum absolute atomic E-state index is 5.07. The highest BCUT2D eigenvalue weighted by molar-refractivity contribution is 4.68. The molecule has 1 atom stereocenters. The Kier molecular flexibility index (Phi) is 7.14. The summed E-state index contributed by atoms with van der Waals surface area (Å²) < 4.78 is 5.07. The predicted molar refractivity (Wildman–Crippen MR) is 66.3 cm³/mol. The van der Waals surface area contributed by atoms with Crippen molar-refractivity contribution in [3.63, 3.8) is 0 Å². The molecule has 0 fully saturated rings. The van der Waals surface area contributed by atoms with E-state index in [0.717, 1.165) is 26.2 Å². The van der Waals surface area contributed by atoms with Gasteiger partial charge in [-0.25, -0.2) is 0 Å². The lowest BCUT2D eigenvalue weighted by Gasteiger charge is -2.27. The van der Waals surface area contributed by atoms with E-state index < -0.39 is 0 Å². The number of rotatable bonds is 7. The van der Waals surface area contributed by atoms with Gasteiger partial charge in [-0.1, -0.05) is 20.8 Å². The molecule has 0 bridgehead atoms. The van der Waals surface area contributed by atoms with Gasteiger partial charge in [0.2, 0.25) is 0 Å². The molecule has 92 valence electrons. The maximum atomic E-state index is 5.07. The monoisotopic (exact) mass is 216 g/mol. The molecule has 0 heterocycles. The Balaban J connectivity index is 3.50. The van der Waals surface area contributed by atoms with Crippen molar-refractivity contribution >= 4 is 0 Å². The Morgan fingerprint density at radius 1 is 1.33 bits per heavy atom. The zero-order valence-electron chi connectivity index (χ0n) is 11.3. The van der Waals surface area contributed by atoms with E-state index in [4.69, 9.17) is 4.74 Å². The van der Waals surface area contributed by atoms with Gasteiger partial charge in [0.25, 0.3) is 0 Å². The largest absolute Gasteiger partial charge is 0.383 e. The number of hydrogen-bond donors (Lipinski definition) is 1. The first-order valence-electron chi connectivity index (χ1n) is 5.76. The third kappa shape index (κ3) is 10.2. The topological polar surface area (TPSA) is 24.5 Å². The summed E-state index contributed by atoms with van der Waals surface area (Å²) in [6.07, 6.45) is 0. The normalized spacial score (nSPS) is 14.6. The van der Waals surface area contributed by atoms with E-state index in [2.05, 4.69) is 45.0 Å². The summed E-state index contributed by atoms with van der Waals surface area (Å²) >= 11 is 0. The average Bonchev–Trinajstić information content (AvgIpc) is 2.00. The Bertz CT molecular complexity index is 154. The lowest BCUT2D eigenvalue weighted by Crippen LogP contribution is -2.38. The average molecular weight is 216 g/mol. The van der Waals surface area contributed by atoms with Crippen LogP contribution in [0.15, 0.2) is 0 Å². The minimum absolute atomic E-state index is 0.382. The summed E-state index contributed by atoms with van der Waals surface area (Å²) in [5, 5.41) is 3.43. The number of nitrogens with zero attached hydrogens (tertiary/aromatic N) is 1. The van der Waals surface area contributed by atoms with Crippen molar-refractivity contribution in [1.29, 1.82) is 0 Å². The molecule has 0 rings (SSSR count). The van der Waals surface area contributed by atoms with Crippen LogP contribution < -0.4 is 5.32 Å². The SMILES string of the molecule is COCC(C)NCCN(C)CC(C)(C)C. The Labute approximate surface area is 95.2 Å². The van der Waals surface area contributed by atoms with Crippen LogP contribution >= 0.6 is 0 Å². The molecular weight excluding hydrogens is 188 g/mol. The van der Waals surface area contributed by atoms with Gasteiger partial charge in [-0.2, -0.15) is 0 Å². The molecule has 15 heavy (non-hydrogen) atoms. The van der Waals surface area contributed by atoms with E-state index in [9.17, 15) is 0 Å². The lowest BCUT2D eigenvalue weighted by molar-refractivity contribution is 0.167. The van der Waals surface area contributed by atoms with Gasteiger partial charge in [0, 0.05) is 32.8 Å². The fourth-order valence-corrected chi connectivity index (χ4v) is 1.70. The molecule has 0 aliphatic heterocycles. The molecule has 0 radical (unpaired) electrons. The van der Waals surface area contributed by atoms with Crippen molar-refractivity contribution in [3.8, 4) is 0 Å². The third-order valence-corrected chi connectivity index (χ3v) is 2.15. The first-order valence-corrected chi connectivity index (χ1v) is 5.76. The van der Waals surface area contributed by atoms with Crippen molar-refractivity contribution in [2.24, 2.45) is 5.41 Å². The van der Waals surface area contributed by atoms with E-state index in [-0.39, 0.29) is 0 Å². The predicted octanol–water partition coefficient (Wildman–Crippen LogP) is 1.59. The van der Waals surface area contributed by atoms with Crippen LogP contribution in [0.5, 0.6) is 0 Å². The summed E-state index contributed by atoms with van der Waals surface area (Å²) in [6, 6.07) is 0.443. The fraction of sp³-hybridized carbons (Fsp3) is 1.00. The number of hydrogen-bond acceptors (Lipinski definition) is 3. The Morgan fingerprint density at radius 2 is 1.93 bits per heavy atom. The van der Waals surface area contributed by atoms with Crippen LogP contribution in [0.4, 0.5) is 0 Å². The molecule has 3 nitrogen and oxygen atoms in total. The molecule has 0 saturated heterocycles. The van der Waals surface area contributed by atoms with E-state index in [1.54, 1.807) is 7.11 Å². The van der Waals surface area contributed by atoms with E-state index in [0.29, 0.717) is 11.5 Å². The second kappa shape index (κ2) is 7.20. The molecule has 1 N–H and O–H groups in total. The van der Waals surface area contributed by atoms with Gasteiger partial charge in [-0.05, 0) is 19.4 Å². The highest BCUT2D eigenvalue weighted by Gasteiger charge is 2.13. The fourth-order valence-electron chi connectivity index (χ4n) is 1.70. The summed E-state index contributed by atoms with van der Waals surface area (Å²) in [5.41, 5.74) is 0.382. The molecule has 1 unspecified atom stereocenters. The van der Waals surface area contributed by atoms with Crippen LogP contribution in [-0.2, 0) is 4.74 Å². The van der Waals surface area contributed by atoms with Gasteiger partial charge < -0.3 is 15.0 Å². The molecule has 0 spiro atoms. The quantitative estimate of drug-likeness (QED) is 0.699. The smallest absolute Gasteiger partial charge is 0.0613 e. The highest BCUT2D eigenvalue weighted by atomic mass is 16.5. The van der Waals surface area contributed by atoms with Gasteiger partial charge in [0.15, 0.2) is 0 Å². The molecule has 0 aliphatic carbocycles. The molecule has 0 amide bonds. The van der Waals surface area contributed by atoms with Gasteiger partial charge in [-0.15, -0.1) is 0 Å². The molecule has 0 aromatic heterocycles. The van der Waals surface area contributed by atoms with Crippen LogP contribution in [0.2, 0.25) is 0 Å². The second-order valence-corrected chi connectivity index (χ2v) is 5.61. The van der Waals surface area contributed by atoms with Crippen molar-refractivity contribution in [3.05, 3.63) is 0 Å². The van der Waals surface area contributed by atoms with Crippen LogP contribution in [0.25, 0.3) is 0 Å². The van der Waals surface area contributed by atoms with Crippen LogP contribution in [-0.4, -0.2) is 51.3 Å². The van der Waals surface area contributed by atoms with E-state index in [1.165, 1.54) is 0 Å². The Hall–Kier alpha value is -0.120. The second-order valence-electron chi connectivity index (χ2n) is 5.61. The molecule has 0 aliphatic rings. The molecule has 0 aromatic carbocycles. The molecule has 0 aromatic rings. The molecular formula is C12H28N2O. The van der Waals surface area contributed by atoms with E-state index in [1.807, 2.05) is 0 Å². The van der Waals surface area contributed by atoms with E-state index >= 15 is 0 Å². The van der Waals surface area contributed by atoms with Crippen molar-refractivity contribution in [1.82, 2.24) is 10.2 Å². The Morgan fingerprint density at radius 3 is 2.40 bits per heavy atom. The van der Waals surface area contributed by atoms with Crippen molar-refractivity contribution in [2.75, 3.05) is 40.4 Å². The maximum Gasteiger partial charge on any atom is 0.0613 e. The highest BCUT2D eigenvalue weighted by Crippen LogP contribution is 2.13. The molecule has 3 heteroatoms. The third-order valence-electron chi connectivity index (χ3n) is 2.15. The number of methoxy groups -OCH3 is 1. The summed E-state index contributed by atoms with van der Waals surface area (Å²) in [5.74, 6) is 0. The van der Waals surface area contributed by atoms with Crippen molar-refractivity contribution in [2.45, 2.75) is 33.7 Å². The summed E-state index contributed by atoms with van der Waals surface area (Å²) in [6.45, 7) is 13.0. The summed E-state index contributed by atoms with van der Waals surface area (Å²) in [7, 11) is 3.91. The number of likely N-dealkylation sites (N-methyl/N-ethyl adjacent to an activating group) is 1. The standard InChI is InChI=1S/C12H28N2O/c1-11(9-15-6)13-7-8-14(5)10-12(2,3)4/h11,13H,7-10H2,1-6H3. The van der Waals surface area contributed by atoms with Gasteiger partial charge >= 0.3 is 0 Å². The van der Waals surface area contributed by atoms with Crippen molar-refractivity contribution < 1.29 is 4.74 Å². The first kappa shape index (κ1) is 14.9. The number of nitrogens with one attached hydrogen (secondary N) is 1. The molecule has 0 saturated carbocycles. The van der Waals surface area contributed by atoms with Crippen LogP contribution in [0, 0.1) is 5.41 Å². The van der Waals surface area contributed by atoms with Gasteiger partial charge in [0.05, 0.1) is 6.61 Å². The van der Waals surface area contributed by atoms with Crippen LogP contribution in [0.1, 0.15) is 27.7 Å². The van der Waals surface area contributed by atoms with Gasteiger partial charge in [0.1, 0.15) is 0 Å². The number of ether oxygens (including phenoxy) is 1. The first-order chi connectivity index (χ1) is 6.85. The zero-order chi connectivity index (χ0) is 11.9. The van der Waals surface area contributed by atoms with Gasteiger partial charge in [-0.3, -0.25) is 0 Å². The summed E-state index contributed by atoms with van der Waals surface area (Å²) in [4.78, 5) is 2.37. The van der Waals surface area contributed by atoms with Crippen LogP contribution in [0.3, 0.4) is 0 Å².